The number of nitrogens with zero attached hydrogens (tertiary/aromatic N) is 1. The number of anilines is 1. The molecule has 2 unspecified atom stereocenters. The lowest BCUT2D eigenvalue weighted by Gasteiger charge is -2.25. The van der Waals surface area contributed by atoms with E-state index in [1.807, 2.05) is 7.05 Å². The van der Waals surface area contributed by atoms with Crippen LogP contribution in [0.4, 0.5) is 5.69 Å². The number of rotatable bonds is 4. The van der Waals surface area contributed by atoms with Crippen LogP contribution in [-0.4, -0.2) is 33.4 Å². The van der Waals surface area contributed by atoms with Crippen molar-refractivity contribution in [2.45, 2.75) is 25.4 Å². The lowest BCUT2D eigenvalue weighted by atomic mass is 10.1. The van der Waals surface area contributed by atoms with Crippen LogP contribution in [0, 0.1) is 0 Å². The van der Waals surface area contributed by atoms with Gasteiger partial charge in [-0.05, 0) is 38.1 Å². The molecule has 0 amide bonds. The van der Waals surface area contributed by atoms with Crippen molar-refractivity contribution in [3.05, 3.63) is 29.8 Å². The first kappa shape index (κ1) is 12.4. The van der Waals surface area contributed by atoms with E-state index in [0.717, 1.165) is 19.6 Å². The van der Waals surface area contributed by atoms with Gasteiger partial charge in [-0.2, -0.15) is 0 Å². The molecule has 1 aliphatic rings. The van der Waals surface area contributed by atoms with E-state index in [4.69, 9.17) is 4.74 Å². The fourth-order valence-corrected chi connectivity index (χ4v) is 2.20. The molecule has 1 N–H and O–H groups in total. The maximum Gasteiger partial charge on any atom is 0.0670 e. The zero-order valence-corrected chi connectivity index (χ0v) is 10.9. The van der Waals surface area contributed by atoms with Crippen LogP contribution < -0.4 is 10.2 Å². The summed E-state index contributed by atoms with van der Waals surface area (Å²) in [5, 5.41) is 3.25. The molecule has 94 valence electrons. The molecule has 1 aromatic rings. The molecule has 2 rings (SSSR count). The Morgan fingerprint density at radius 2 is 2.06 bits per heavy atom. The predicted molar refractivity (Wildman–Crippen MR) is 71.5 cm³/mol. The minimum Gasteiger partial charge on any atom is -0.379 e. The van der Waals surface area contributed by atoms with Gasteiger partial charge in [0.25, 0.3) is 0 Å². The molecular formula is C14H22N2O. The lowest BCUT2D eigenvalue weighted by Crippen LogP contribution is -2.31. The van der Waals surface area contributed by atoms with Crippen LogP contribution in [0.25, 0.3) is 0 Å². The summed E-state index contributed by atoms with van der Waals surface area (Å²) in [6.07, 6.45) is 1.13. The van der Waals surface area contributed by atoms with E-state index in [1.165, 1.54) is 11.3 Å². The Balaban J connectivity index is 2.06. The topological polar surface area (TPSA) is 24.5 Å². The highest BCUT2D eigenvalue weighted by molar-refractivity contribution is 5.48. The minimum atomic E-state index is 0.407. The van der Waals surface area contributed by atoms with Crippen molar-refractivity contribution in [1.82, 2.24) is 5.32 Å². The summed E-state index contributed by atoms with van der Waals surface area (Å²) in [5.74, 6) is 0. The van der Waals surface area contributed by atoms with Gasteiger partial charge in [-0.25, -0.2) is 0 Å². The van der Waals surface area contributed by atoms with Gasteiger partial charge >= 0.3 is 0 Å². The smallest absolute Gasteiger partial charge is 0.0670 e. The Morgan fingerprint density at radius 1 is 1.35 bits per heavy atom. The highest BCUT2D eigenvalue weighted by atomic mass is 16.5. The van der Waals surface area contributed by atoms with Gasteiger partial charge in [0.15, 0.2) is 0 Å². The van der Waals surface area contributed by atoms with E-state index < -0.39 is 0 Å². The number of ether oxygens (including phenoxy) is 1. The molecule has 0 spiro atoms. The average Bonchev–Trinajstić information content (AvgIpc) is 2.91. The molecule has 3 heteroatoms. The standard InChI is InChI=1S/C14H22N2O/c1-11(15-2)12-4-6-13(7-5-12)16(3)14-8-9-17-10-14/h4-7,11,14-15H,8-10H2,1-3H3. The molecular weight excluding hydrogens is 212 g/mol. The van der Waals surface area contributed by atoms with E-state index in [1.54, 1.807) is 0 Å². The van der Waals surface area contributed by atoms with Gasteiger partial charge in [-0.1, -0.05) is 12.1 Å². The first-order valence-corrected chi connectivity index (χ1v) is 6.30. The summed E-state index contributed by atoms with van der Waals surface area (Å²) in [6, 6.07) is 9.72. The molecule has 0 radical (unpaired) electrons. The molecule has 0 bridgehead atoms. The van der Waals surface area contributed by atoms with Gasteiger partial charge < -0.3 is 15.0 Å². The van der Waals surface area contributed by atoms with Crippen molar-refractivity contribution in [2.24, 2.45) is 0 Å². The van der Waals surface area contributed by atoms with Crippen LogP contribution >= 0.6 is 0 Å². The fraction of sp³-hybridized carbons (Fsp3) is 0.571. The number of benzene rings is 1. The van der Waals surface area contributed by atoms with Crippen LogP contribution in [0.15, 0.2) is 24.3 Å². The molecule has 1 aromatic carbocycles. The molecule has 0 aromatic heterocycles. The molecule has 3 nitrogen and oxygen atoms in total. The van der Waals surface area contributed by atoms with Crippen molar-refractivity contribution in [1.29, 1.82) is 0 Å². The van der Waals surface area contributed by atoms with Crippen molar-refractivity contribution in [3.8, 4) is 0 Å². The van der Waals surface area contributed by atoms with Crippen molar-refractivity contribution in [3.63, 3.8) is 0 Å². The maximum absolute atomic E-state index is 5.43. The Labute approximate surface area is 104 Å². The van der Waals surface area contributed by atoms with Crippen LogP contribution in [0.3, 0.4) is 0 Å². The number of likely N-dealkylation sites (N-methyl/N-ethyl adjacent to an activating group) is 1. The van der Waals surface area contributed by atoms with Gasteiger partial charge in [-0.3, -0.25) is 0 Å². The zero-order valence-electron chi connectivity index (χ0n) is 10.9. The number of hydrogen-bond acceptors (Lipinski definition) is 3. The van der Waals surface area contributed by atoms with E-state index in [-0.39, 0.29) is 0 Å². The second kappa shape index (κ2) is 5.52. The van der Waals surface area contributed by atoms with Crippen molar-refractivity contribution >= 4 is 5.69 Å². The summed E-state index contributed by atoms with van der Waals surface area (Å²) in [6.45, 7) is 3.92. The summed E-state index contributed by atoms with van der Waals surface area (Å²) >= 11 is 0. The molecule has 1 aliphatic heterocycles. The van der Waals surface area contributed by atoms with Crippen LogP contribution in [-0.2, 0) is 4.74 Å². The van der Waals surface area contributed by atoms with Crippen LogP contribution in [0.1, 0.15) is 24.9 Å². The van der Waals surface area contributed by atoms with E-state index in [2.05, 4.69) is 48.5 Å². The minimum absolute atomic E-state index is 0.407. The summed E-state index contributed by atoms with van der Waals surface area (Å²) in [7, 11) is 4.14. The van der Waals surface area contributed by atoms with Gasteiger partial charge in [0, 0.05) is 25.4 Å². The Hall–Kier alpha value is -1.06. The second-order valence-corrected chi connectivity index (χ2v) is 4.73. The van der Waals surface area contributed by atoms with Crippen LogP contribution in [0.5, 0.6) is 0 Å². The quantitative estimate of drug-likeness (QED) is 0.864. The Kier molecular flexibility index (Phi) is 4.02. The third-order valence-corrected chi connectivity index (χ3v) is 3.69. The maximum atomic E-state index is 5.43. The Bertz CT molecular complexity index is 344. The van der Waals surface area contributed by atoms with Gasteiger partial charge in [0.2, 0.25) is 0 Å². The van der Waals surface area contributed by atoms with E-state index in [0.29, 0.717) is 12.1 Å². The highest BCUT2D eigenvalue weighted by Crippen LogP contribution is 2.22. The highest BCUT2D eigenvalue weighted by Gasteiger charge is 2.20. The van der Waals surface area contributed by atoms with Gasteiger partial charge in [0.1, 0.15) is 0 Å². The summed E-state index contributed by atoms with van der Waals surface area (Å²) in [5.41, 5.74) is 2.60. The van der Waals surface area contributed by atoms with Crippen LogP contribution in [0.2, 0.25) is 0 Å². The summed E-state index contributed by atoms with van der Waals surface area (Å²) < 4.78 is 5.43. The average molecular weight is 234 g/mol. The van der Waals surface area contributed by atoms with Gasteiger partial charge in [0.05, 0.1) is 12.6 Å². The normalized spacial score (nSPS) is 21.5. The van der Waals surface area contributed by atoms with Crippen molar-refractivity contribution in [2.75, 3.05) is 32.2 Å². The Morgan fingerprint density at radius 3 is 2.59 bits per heavy atom. The third-order valence-electron chi connectivity index (χ3n) is 3.69. The first-order valence-electron chi connectivity index (χ1n) is 6.30. The molecule has 0 saturated carbocycles. The zero-order chi connectivity index (χ0) is 12.3. The van der Waals surface area contributed by atoms with E-state index in [9.17, 15) is 0 Å². The van der Waals surface area contributed by atoms with Gasteiger partial charge in [-0.15, -0.1) is 0 Å². The first-order chi connectivity index (χ1) is 8.22. The predicted octanol–water partition coefficient (Wildman–Crippen LogP) is 2.19. The molecule has 17 heavy (non-hydrogen) atoms. The number of nitrogens with one attached hydrogen (secondary N) is 1. The van der Waals surface area contributed by atoms with E-state index >= 15 is 0 Å². The molecule has 2 atom stereocenters. The molecule has 0 aliphatic carbocycles. The lowest BCUT2D eigenvalue weighted by molar-refractivity contribution is 0.193. The monoisotopic (exact) mass is 234 g/mol. The number of hydrogen-bond donors (Lipinski definition) is 1. The SMILES string of the molecule is CNC(C)c1ccc(N(C)C2CCOC2)cc1. The molecule has 1 saturated heterocycles. The summed E-state index contributed by atoms with van der Waals surface area (Å²) in [4.78, 5) is 2.32. The fourth-order valence-electron chi connectivity index (χ4n) is 2.20. The second-order valence-electron chi connectivity index (χ2n) is 4.73. The molecule has 1 heterocycles. The third kappa shape index (κ3) is 2.79. The molecule has 1 fully saturated rings. The largest absolute Gasteiger partial charge is 0.379 e. The van der Waals surface area contributed by atoms with Crippen molar-refractivity contribution < 1.29 is 4.74 Å².